The lowest BCUT2D eigenvalue weighted by atomic mass is 10.1. The van der Waals surface area contributed by atoms with Crippen molar-refractivity contribution in [3.63, 3.8) is 0 Å². The van der Waals surface area contributed by atoms with Crippen LogP contribution in [0.3, 0.4) is 0 Å². The van der Waals surface area contributed by atoms with Crippen molar-refractivity contribution in [3.05, 3.63) is 54.1 Å². The molecule has 2 rings (SSSR count). The van der Waals surface area contributed by atoms with Crippen molar-refractivity contribution in [3.8, 4) is 11.8 Å². The van der Waals surface area contributed by atoms with Gasteiger partial charge in [0.15, 0.2) is 0 Å². The van der Waals surface area contributed by atoms with Gasteiger partial charge in [0, 0.05) is 13.1 Å². The number of azo groups is 1. The second kappa shape index (κ2) is 15.9. The molecular formula is C25H34N4O3. The highest BCUT2D eigenvalue weighted by atomic mass is 16.5. The Morgan fingerprint density at radius 1 is 0.719 bits per heavy atom. The third-order valence-electron chi connectivity index (χ3n) is 5.08. The van der Waals surface area contributed by atoms with Crippen LogP contribution in [0.1, 0.15) is 44.1 Å². The first-order chi connectivity index (χ1) is 15.7. The third-order valence-corrected chi connectivity index (χ3v) is 5.08. The summed E-state index contributed by atoms with van der Waals surface area (Å²) in [5.41, 5.74) is 2.06. The number of unbranched alkanes of at least 4 members (excludes halogenated alkanes) is 5. The molecule has 0 heterocycles. The molecule has 0 bridgehead atoms. The molecule has 0 radical (unpaired) electrons. The van der Waals surface area contributed by atoms with Gasteiger partial charge in [0.2, 0.25) is 0 Å². The first kappa shape index (κ1) is 25.5. The number of aliphatic hydroxyl groups excluding tert-OH is 2. The van der Waals surface area contributed by atoms with Gasteiger partial charge in [-0.15, -0.1) is 0 Å². The highest BCUT2D eigenvalue weighted by Gasteiger charge is 2.02. The van der Waals surface area contributed by atoms with Gasteiger partial charge in [-0.1, -0.05) is 25.7 Å². The quantitative estimate of drug-likeness (QED) is 0.284. The number of nitrogens with zero attached hydrogens (tertiary/aromatic N) is 4. The molecular weight excluding hydrogens is 404 g/mol. The predicted octanol–water partition coefficient (Wildman–Crippen LogP) is 4.98. The van der Waals surface area contributed by atoms with Crippen LogP contribution < -0.4 is 4.74 Å². The van der Waals surface area contributed by atoms with E-state index in [-0.39, 0.29) is 13.2 Å². The first-order valence-electron chi connectivity index (χ1n) is 11.3. The Morgan fingerprint density at radius 3 is 1.81 bits per heavy atom. The number of hydrogen-bond acceptors (Lipinski definition) is 7. The van der Waals surface area contributed by atoms with E-state index in [2.05, 4.69) is 21.2 Å². The third kappa shape index (κ3) is 10.5. The largest absolute Gasteiger partial charge is 0.494 e. The molecule has 0 aliphatic carbocycles. The van der Waals surface area contributed by atoms with Gasteiger partial charge in [0.05, 0.1) is 42.8 Å². The molecule has 7 nitrogen and oxygen atoms in total. The fraction of sp³-hybridized carbons (Fsp3) is 0.480. The van der Waals surface area contributed by atoms with E-state index < -0.39 is 0 Å². The van der Waals surface area contributed by atoms with Crippen LogP contribution in [-0.4, -0.2) is 54.6 Å². The van der Waals surface area contributed by atoms with Crippen molar-refractivity contribution in [2.45, 2.75) is 38.5 Å². The molecule has 0 aromatic heterocycles. The van der Waals surface area contributed by atoms with Gasteiger partial charge in [-0.3, -0.25) is 4.90 Å². The summed E-state index contributed by atoms with van der Waals surface area (Å²) in [6.45, 7) is 3.20. The smallest absolute Gasteiger partial charge is 0.119 e. The van der Waals surface area contributed by atoms with E-state index in [4.69, 9.17) is 20.2 Å². The number of aliphatic hydroxyl groups is 2. The second-order valence-corrected chi connectivity index (χ2v) is 7.61. The van der Waals surface area contributed by atoms with Crippen molar-refractivity contribution < 1.29 is 14.9 Å². The van der Waals surface area contributed by atoms with Crippen LogP contribution in [0.5, 0.6) is 5.75 Å². The lowest BCUT2D eigenvalue weighted by Crippen LogP contribution is -2.30. The Balaban J connectivity index is 1.55. The molecule has 2 aromatic rings. The maximum Gasteiger partial charge on any atom is 0.119 e. The molecule has 0 aliphatic rings. The number of rotatable bonds is 16. The van der Waals surface area contributed by atoms with Gasteiger partial charge < -0.3 is 14.9 Å². The monoisotopic (exact) mass is 438 g/mol. The van der Waals surface area contributed by atoms with Crippen LogP contribution in [0.2, 0.25) is 0 Å². The lowest BCUT2D eigenvalue weighted by molar-refractivity contribution is 0.159. The van der Waals surface area contributed by atoms with Crippen LogP contribution in [0.4, 0.5) is 11.4 Å². The predicted molar refractivity (Wildman–Crippen MR) is 126 cm³/mol. The molecule has 0 fully saturated rings. The maximum atomic E-state index is 9.01. The van der Waals surface area contributed by atoms with E-state index in [1.165, 1.54) is 19.3 Å². The molecule has 32 heavy (non-hydrogen) atoms. The highest BCUT2D eigenvalue weighted by Crippen LogP contribution is 2.21. The van der Waals surface area contributed by atoms with Crippen molar-refractivity contribution in [1.82, 2.24) is 4.90 Å². The molecule has 0 amide bonds. The first-order valence-corrected chi connectivity index (χ1v) is 11.3. The van der Waals surface area contributed by atoms with Crippen molar-refractivity contribution >= 4 is 11.4 Å². The van der Waals surface area contributed by atoms with E-state index in [1.54, 1.807) is 24.3 Å². The van der Waals surface area contributed by atoms with Gasteiger partial charge in [-0.25, -0.2) is 0 Å². The summed E-state index contributed by atoms with van der Waals surface area (Å²) in [6, 6.07) is 16.6. The standard InChI is InChI=1S/C25H34N4O3/c26-21-22-7-9-23(10-8-22)27-28-24-11-13-25(14-12-24)32-20-6-4-2-1-3-5-15-29(16-18-30)17-19-31/h7-14,30-31H,1-6,15-20H2. The van der Waals surface area contributed by atoms with Gasteiger partial charge >= 0.3 is 0 Å². The van der Waals surface area contributed by atoms with Crippen LogP contribution in [-0.2, 0) is 0 Å². The number of nitriles is 1. The summed E-state index contributed by atoms with van der Waals surface area (Å²) >= 11 is 0. The minimum Gasteiger partial charge on any atom is -0.494 e. The average Bonchev–Trinajstić information content (AvgIpc) is 2.83. The summed E-state index contributed by atoms with van der Waals surface area (Å²) in [6.07, 6.45) is 6.84. The summed E-state index contributed by atoms with van der Waals surface area (Å²) in [4.78, 5) is 2.10. The van der Waals surface area contributed by atoms with Gasteiger partial charge in [-0.05, 0) is 67.9 Å². The number of hydrogen-bond donors (Lipinski definition) is 2. The van der Waals surface area contributed by atoms with Crippen molar-refractivity contribution in [2.75, 3.05) is 39.5 Å². The average molecular weight is 439 g/mol. The second-order valence-electron chi connectivity index (χ2n) is 7.61. The van der Waals surface area contributed by atoms with Crippen LogP contribution in [0.15, 0.2) is 58.8 Å². The van der Waals surface area contributed by atoms with Crippen molar-refractivity contribution in [1.29, 1.82) is 5.26 Å². The normalized spacial score (nSPS) is 11.2. The number of benzene rings is 2. The van der Waals surface area contributed by atoms with E-state index in [0.29, 0.717) is 30.9 Å². The van der Waals surface area contributed by atoms with E-state index in [1.807, 2.05) is 24.3 Å². The lowest BCUT2D eigenvalue weighted by Gasteiger charge is -2.19. The van der Waals surface area contributed by atoms with Gasteiger partial charge in [0.25, 0.3) is 0 Å². The SMILES string of the molecule is N#Cc1ccc(N=Nc2ccc(OCCCCCCCCN(CCO)CCO)cc2)cc1. The van der Waals surface area contributed by atoms with Gasteiger partial charge in [-0.2, -0.15) is 15.5 Å². The molecule has 2 aromatic carbocycles. The zero-order valence-electron chi connectivity index (χ0n) is 18.7. The molecule has 0 aliphatic heterocycles. The van der Waals surface area contributed by atoms with Gasteiger partial charge in [0.1, 0.15) is 5.75 Å². The van der Waals surface area contributed by atoms with Crippen LogP contribution >= 0.6 is 0 Å². The molecule has 0 spiro atoms. The Kier molecular flexibility index (Phi) is 12.7. The van der Waals surface area contributed by atoms with Crippen LogP contribution in [0, 0.1) is 11.3 Å². The highest BCUT2D eigenvalue weighted by molar-refractivity contribution is 5.44. The van der Waals surface area contributed by atoms with Crippen molar-refractivity contribution in [2.24, 2.45) is 10.2 Å². The fourth-order valence-electron chi connectivity index (χ4n) is 3.28. The molecule has 172 valence electrons. The van der Waals surface area contributed by atoms with E-state index in [9.17, 15) is 0 Å². The zero-order chi connectivity index (χ0) is 22.9. The Labute approximate surface area is 191 Å². The number of ether oxygens (including phenoxy) is 1. The Morgan fingerprint density at radius 2 is 1.25 bits per heavy atom. The van der Waals surface area contributed by atoms with E-state index in [0.717, 1.165) is 37.2 Å². The molecule has 0 unspecified atom stereocenters. The molecule has 2 N–H and O–H groups in total. The summed E-state index contributed by atoms with van der Waals surface area (Å²) in [5.74, 6) is 0.829. The molecule has 0 saturated heterocycles. The Hall–Kier alpha value is -2.79. The summed E-state index contributed by atoms with van der Waals surface area (Å²) in [5, 5.41) is 35.2. The minimum atomic E-state index is 0.144. The molecule has 7 heteroatoms. The summed E-state index contributed by atoms with van der Waals surface area (Å²) in [7, 11) is 0. The van der Waals surface area contributed by atoms with Crippen LogP contribution in [0.25, 0.3) is 0 Å². The fourth-order valence-corrected chi connectivity index (χ4v) is 3.28. The molecule has 0 atom stereocenters. The topological polar surface area (TPSA) is 101 Å². The zero-order valence-corrected chi connectivity index (χ0v) is 18.7. The summed E-state index contributed by atoms with van der Waals surface area (Å²) < 4.78 is 5.81. The Bertz CT molecular complexity index is 811. The van der Waals surface area contributed by atoms with E-state index >= 15 is 0 Å². The molecule has 0 saturated carbocycles. The maximum absolute atomic E-state index is 9.01. The minimum absolute atomic E-state index is 0.144.